The van der Waals surface area contributed by atoms with Gasteiger partial charge in [0.25, 0.3) is 0 Å². The van der Waals surface area contributed by atoms with Crippen LogP contribution in [-0.2, 0) is 0 Å². The average molecular weight is 348 g/mol. The molecule has 4 rings (SSSR count). The Labute approximate surface area is 154 Å². The first-order chi connectivity index (χ1) is 12.4. The van der Waals surface area contributed by atoms with Gasteiger partial charge in [-0.1, -0.05) is 36.8 Å². The first kappa shape index (κ1) is 17.0. The van der Waals surface area contributed by atoms with Gasteiger partial charge in [-0.2, -0.15) is 0 Å². The third kappa shape index (κ3) is 2.86. The van der Waals surface area contributed by atoms with Crippen LogP contribution >= 0.6 is 0 Å². The van der Waals surface area contributed by atoms with E-state index in [9.17, 15) is 4.39 Å². The third-order valence-electron chi connectivity index (χ3n) is 5.56. The highest BCUT2D eigenvalue weighted by molar-refractivity contribution is 5.87. The van der Waals surface area contributed by atoms with E-state index in [4.69, 9.17) is 0 Å². The molecule has 134 valence electrons. The van der Waals surface area contributed by atoms with Crippen LogP contribution in [0.5, 0.6) is 0 Å². The number of nitrogens with one attached hydrogen (secondary N) is 1. The zero-order valence-corrected chi connectivity index (χ0v) is 15.8. The Morgan fingerprint density at radius 2 is 1.92 bits per heavy atom. The number of hydrogen-bond acceptors (Lipinski definition) is 1. The maximum Gasteiger partial charge on any atom is 0.123 e. The van der Waals surface area contributed by atoms with E-state index >= 15 is 0 Å². The molecule has 26 heavy (non-hydrogen) atoms. The molecule has 0 spiro atoms. The fraction of sp³-hybridized carbons (Fsp3) is 0.304. The van der Waals surface area contributed by atoms with Crippen LogP contribution in [0.15, 0.2) is 48.5 Å². The van der Waals surface area contributed by atoms with Gasteiger partial charge in [0.2, 0.25) is 0 Å². The fourth-order valence-electron chi connectivity index (χ4n) is 4.17. The summed E-state index contributed by atoms with van der Waals surface area (Å²) < 4.78 is 13.2. The van der Waals surface area contributed by atoms with Crippen molar-refractivity contribution in [2.24, 2.45) is 0 Å². The lowest BCUT2D eigenvalue weighted by Crippen LogP contribution is -2.33. The molecule has 3 aromatic rings. The molecule has 0 radical (unpaired) electrons. The number of rotatable bonds is 2. The summed E-state index contributed by atoms with van der Waals surface area (Å²) in [5.74, 6) is 0.276. The van der Waals surface area contributed by atoms with Gasteiger partial charge in [-0.3, -0.25) is 4.90 Å². The van der Waals surface area contributed by atoms with E-state index < -0.39 is 0 Å². The Morgan fingerprint density at radius 3 is 2.65 bits per heavy atom. The SMILES string of the molecule is CC(=CC1c2c([nH]c3ccc(C)cc23)C(C)CN1C)c1ccc(F)cc1. The van der Waals surface area contributed by atoms with E-state index in [1.165, 1.54) is 45.4 Å². The van der Waals surface area contributed by atoms with E-state index in [0.29, 0.717) is 5.92 Å². The minimum absolute atomic E-state index is 0.195. The molecule has 1 aliphatic rings. The van der Waals surface area contributed by atoms with Crippen LogP contribution < -0.4 is 0 Å². The molecule has 0 saturated heterocycles. The summed E-state index contributed by atoms with van der Waals surface area (Å²) in [4.78, 5) is 6.07. The highest BCUT2D eigenvalue weighted by atomic mass is 19.1. The number of likely N-dealkylation sites (N-methyl/N-ethyl adjacent to an activating group) is 1. The molecule has 1 aliphatic heterocycles. The van der Waals surface area contributed by atoms with Gasteiger partial charge in [-0.15, -0.1) is 0 Å². The van der Waals surface area contributed by atoms with E-state index in [2.05, 4.69) is 62.0 Å². The largest absolute Gasteiger partial charge is 0.358 e. The number of benzene rings is 2. The molecule has 2 heterocycles. The van der Waals surface area contributed by atoms with Gasteiger partial charge < -0.3 is 4.98 Å². The summed E-state index contributed by atoms with van der Waals surface area (Å²) in [6.07, 6.45) is 2.31. The fourth-order valence-corrected chi connectivity index (χ4v) is 4.17. The number of H-pyrrole nitrogens is 1. The molecule has 0 amide bonds. The van der Waals surface area contributed by atoms with Crippen LogP contribution in [0, 0.1) is 12.7 Å². The number of allylic oxidation sites excluding steroid dienone is 1. The van der Waals surface area contributed by atoms with Gasteiger partial charge in [-0.25, -0.2) is 4.39 Å². The van der Waals surface area contributed by atoms with Gasteiger partial charge >= 0.3 is 0 Å². The maximum absolute atomic E-state index is 13.2. The van der Waals surface area contributed by atoms with Crippen molar-refractivity contribution < 1.29 is 4.39 Å². The van der Waals surface area contributed by atoms with Crippen molar-refractivity contribution in [3.8, 4) is 0 Å². The molecule has 2 atom stereocenters. The second-order valence-corrected chi connectivity index (χ2v) is 7.64. The molecule has 3 heteroatoms. The molecule has 1 N–H and O–H groups in total. The lowest BCUT2D eigenvalue weighted by atomic mass is 9.88. The number of hydrogen-bond donors (Lipinski definition) is 1. The minimum Gasteiger partial charge on any atom is -0.358 e. The Hall–Kier alpha value is -2.39. The summed E-state index contributed by atoms with van der Waals surface area (Å²) in [6, 6.07) is 13.6. The Balaban J connectivity index is 1.85. The normalized spacial score (nSPS) is 21.2. The van der Waals surface area contributed by atoms with E-state index in [1.54, 1.807) is 0 Å². The van der Waals surface area contributed by atoms with E-state index in [-0.39, 0.29) is 11.9 Å². The molecule has 0 aliphatic carbocycles. The number of aryl methyl sites for hydroxylation is 1. The molecule has 2 unspecified atom stereocenters. The highest BCUT2D eigenvalue weighted by Crippen LogP contribution is 2.41. The molecule has 0 bridgehead atoms. The Kier molecular flexibility index (Phi) is 4.20. The summed E-state index contributed by atoms with van der Waals surface area (Å²) in [5.41, 5.74) is 7.45. The van der Waals surface area contributed by atoms with Crippen LogP contribution in [0.2, 0.25) is 0 Å². The lowest BCUT2D eigenvalue weighted by Gasteiger charge is -2.35. The smallest absolute Gasteiger partial charge is 0.123 e. The van der Waals surface area contributed by atoms with Crippen LogP contribution in [0.1, 0.15) is 48.2 Å². The zero-order valence-electron chi connectivity index (χ0n) is 15.8. The van der Waals surface area contributed by atoms with Crippen LogP contribution in [0.4, 0.5) is 4.39 Å². The van der Waals surface area contributed by atoms with Crippen molar-refractivity contribution in [2.75, 3.05) is 13.6 Å². The molecular weight excluding hydrogens is 323 g/mol. The monoisotopic (exact) mass is 348 g/mol. The van der Waals surface area contributed by atoms with Crippen molar-refractivity contribution in [1.29, 1.82) is 0 Å². The zero-order chi connectivity index (χ0) is 18.4. The molecular formula is C23H25FN2. The van der Waals surface area contributed by atoms with Crippen molar-refractivity contribution in [1.82, 2.24) is 9.88 Å². The molecule has 0 saturated carbocycles. The number of aromatic nitrogens is 1. The number of nitrogens with zero attached hydrogens (tertiary/aromatic N) is 1. The van der Waals surface area contributed by atoms with Gasteiger partial charge in [0.15, 0.2) is 0 Å². The topological polar surface area (TPSA) is 19.0 Å². The van der Waals surface area contributed by atoms with E-state index in [1.807, 2.05) is 12.1 Å². The Morgan fingerprint density at radius 1 is 1.19 bits per heavy atom. The first-order valence-electron chi connectivity index (χ1n) is 9.20. The molecule has 2 nitrogen and oxygen atoms in total. The molecule has 1 aromatic heterocycles. The first-order valence-corrected chi connectivity index (χ1v) is 9.20. The lowest BCUT2D eigenvalue weighted by molar-refractivity contribution is 0.250. The van der Waals surface area contributed by atoms with Gasteiger partial charge in [0.1, 0.15) is 5.82 Å². The van der Waals surface area contributed by atoms with Crippen molar-refractivity contribution in [3.05, 3.63) is 76.7 Å². The van der Waals surface area contributed by atoms with Crippen molar-refractivity contribution >= 4 is 16.5 Å². The van der Waals surface area contributed by atoms with Crippen molar-refractivity contribution in [3.63, 3.8) is 0 Å². The second kappa shape index (κ2) is 6.40. The summed E-state index contributed by atoms with van der Waals surface area (Å²) in [6.45, 7) is 7.54. The third-order valence-corrected chi connectivity index (χ3v) is 5.56. The summed E-state index contributed by atoms with van der Waals surface area (Å²) in [7, 11) is 2.19. The van der Waals surface area contributed by atoms with Gasteiger partial charge in [-0.05, 0) is 56.3 Å². The van der Waals surface area contributed by atoms with Crippen molar-refractivity contribution in [2.45, 2.75) is 32.7 Å². The minimum atomic E-state index is -0.195. The predicted molar refractivity (Wildman–Crippen MR) is 107 cm³/mol. The Bertz CT molecular complexity index is 981. The quantitative estimate of drug-likeness (QED) is 0.619. The van der Waals surface area contributed by atoms with Crippen LogP contribution in [0.25, 0.3) is 16.5 Å². The standard InChI is InChI=1S/C23H25FN2/c1-14-5-10-20-19(11-14)22-21(26(4)13-16(3)23(22)25-20)12-15(2)17-6-8-18(24)9-7-17/h5-12,16,21,25H,13H2,1-4H3. The average Bonchev–Trinajstić information content (AvgIpc) is 2.98. The highest BCUT2D eigenvalue weighted by Gasteiger charge is 2.31. The van der Waals surface area contributed by atoms with Crippen LogP contribution in [-0.4, -0.2) is 23.5 Å². The van der Waals surface area contributed by atoms with Gasteiger partial charge in [0, 0.05) is 34.6 Å². The number of aromatic amines is 1. The van der Waals surface area contributed by atoms with E-state index in [0.717, 1.165) is 12.1 Å². The summed E-state index contributed by atoms with van der Waals surface area (Å²) in [5, 5.41) is 1.31. The second-order valence-electron chi connectivity index (χ2n) is 7.64. The number of halogens is 1. The number of fused-ring (bicyclic) bond motifs is 3. The maximum atomic E-state index is 13.2. The molecule has 0 fully saturated rings. The predicted octanol–water partition coefficient (Wildman–Crippen LogP) is 5.81. The summed E-state index contributed by atoms with van der Waals surface area (Å²) >= 11 is 0. The van der Waals surface area contributed by atoms with Gasteiger partial charge in [0.05, 0.1) is 6.04 Å². The van der Waals surface area contributed by atoms with Crippen LogP contribution in [0.3, 0.4) is 0 Å². The molecule has 2 aromatic carbocycles.